The summed E-state index contributed by atoms with van der Waals surface area (Å²) in [5.74, 6) is -0.624. The molecule has 0 saturated carbocycles. The molecule has 2 rings (SSSR count). The van der Waals surface area contributed by atoms with Crippen LogP contribution in [-0.4, -0.2) is 68.9 Å². The summed E-state index contributed by atoms with van der Waals surface area (Å²) in [5.41, 5.74) is 0.262. The molecule has 0 unspecified atom stereocenters. The molecule has 1 aromatic rings. The fraction of sp³-hybridized carbons (Fsp3) is 0.600. The van der Waals surface area contributed by atoms with Crippen molar-refractivity contribution in [2.45, 2.75) is 59.6 Å². The van der Waals surface area contributed by atoms with Gasteiger partial charge in [0.15, 0.2) is 11.6 Å². The Labute approximate surface area is 204 Å². The number of hydrogen-bond donors (Lipinski definition) is 3. The highest BCUT2D eigenvalue weighted by Crippen LogP contribution is 2.21. The van der Waals surface area contributed by atoms with Crippen LogP contribution < -0.4 is 20.7 Å². The zero-order valence-electron chi connectivity index (χ0n) is 21.6. The van der Waals surface area contributed by atoms with E-state index in [-0.39, 0.29) is 23.9 Å². The molecule has 1 saturated heterocycles. The number of nitrogens with zero attached hydrogens (tertiary/aromatic N) is 1. The van der Waals surface area contributed by atoms with Gasteiger partial charge in [0.1, 0.15) is 12.7 Å². The van der Waals surface area contributed by atoms with Crippen molar-refractivity contribution in [1.29, 1.82) is 0 Å². The van der Waals surface area contributed by atoms with Crippen LogP contribution in [0.2, 0.25) is 0 Å². The lowest BCUT2D eigenvalue weighted by atomic mass is 10.1. The van der Waals surface area contributed by atoms with Crippen molar-refractivity contribution < 1.29 is 23.5 Å². The number of rotatable bonds is 9. The summed E-state index contributed by atoms with van der Waals surface area (Å²) in [4.78, 5) is 25.0. The van der Waals surface area contributed by atoms with Gasteiger partial charge in [0.05, 0.1) is 6.54 Å². The second kappa shape index (κ2) is 18.7. The maximum Gasteiger partial charge on any atom is 0.411 e. The smallest absolute Gasteiger partial charge is 0.411 e. The van der Waals surface area contributed by atoms with Crippen LogP contribution in [-0.2, 0) is 9.53 Å². The van der Waals surface area contributed by atoms with Crippen molar-refractivity contribution in [2.75, 3.05) is 45.2 Å². The van der Waals surface area contributed by atoms with Gasteiger partial charge in [-0.3, -0.25) is 15.0 Å². The van der Waals surface area contributed by atoms with Crippen LogP contribution in [0, 0.1) is 5.82 Å². The summed E-state index contributed by atoms with van der Waals surface area (Å²) in [6.07, 6.45) is 2.72. The lowest BCUT2D eigenvalue weighted by Gasteiger charge is -2.31. The number of benzene rings is 1. The van der Waals surface area contributed by atoms with E-state index in [0.717, 1.165) is 25.9 Å². The van der Waals surface area contributed by atoms with Crippen molar-refractivity contribution >= 4 is 17.7 Å². The number of halogens is 1. The lowest BCUT2D eigenvalue weighted by Crippen LogP contribution is -2.42. The van der Waals surface area contributed by atoms with Crippen molar-refractivity contribution in [1.82, 2.24) is 15.5 Å². The molecule has 8 nitrogen and oxygen atoms in total. The Hall–Kier alpha value is -2.65. The van der Waals surface area contributed by atoms with Crippen molar-refractivity contribution in [3.8, 4) is 5.75 Å². The molecule has 0 aromatic heterocycles. The number of hydrogen-bond acceptors (Lipinski definition) is 6. The first-order valence-corrected chi connectivity index (χ1v) is 11.9. The Morgan fingerprint density at radius 1 is 1.32 bits per heavy atom. The number of amides is 2. The Balaban J connectivity index is 0.00000201. The molecule has 0 bridgehead atoms. The monoisotopic (exact) mass is 482 g/mol. The van der Waals surface area contributed by atoms with Gasteiger partial charge in [-0.05, 0) is 59.0 Å². The third-order valence-corrected chi connectivity index (χ3v) is 4.76. The number of likely N-dealkylation sites (N-methyl/N-ethyl adjacent to an activating group) is 1. The number of nitrogens with one attached hydrogen (secondary N) is 3. The Morgan fingerprint density at radius 3 is 2.50 bits per heavy atom. The predicted octanol–water partition coefficient (Wildman–Crippen LogP) is 4.18. The highest BCUT2D eigenvalue weighted by atomic mass is 19.1. The largest absolute Gasteiger partial charge is 0.489 e. The fourth-order valence-electron chi connectivity index (χ4n) is 3.08. The van der Waals surface area contributed by atoms with Crippen molar-refractivity contribution in [2.24, 2.45) is 0 Å². The van der Waals surface area contributed by atoms with E-state index in [9.17, 15) is 14.0 Å². The lowest BCUT2D eigenvalue weighted by molar-refractivity contribution is -0.119. The van der Waals surface area contributed by atoms with E-state index in [1.165, 1.54) is 19.1 Å². The number of carbonyl (C=O) groups excluding carboxylic acids is 2. The third-order valence-electron chi connectivity index (χ3n) is 4.76. The Morgan fingerprint density at radius 2 is 1.94 bits per heavy atom. The zero-order chi connectivity index (χ0) is 25.9. The maximum absolute atomic E-state index is 14.3. The van der Waals surface area contributed by atoms with Crippen LogP contribution in [0.4, 0.5) is 14.9 Å². The fourth-order valence-corrected chi connectivity index (χ4v) is 3.08. The molecule has 1 aliphatic rings. The van der Waals surface area contributed by atoms with E-state index in [2.05, 4.69) is 34.5 Å². The van der Waals surface area contributed by atoms with Gasteiger partial charge >= 0.3 is 6.09 Å². The first-order chi connectivity index (χ1) is 16.3. The predicted molar refractivity (Wildman–Crippen MR) is 136 cm³/mol. The normalized spacial score (nSPS) is 13.9. The molecule has 1 heterocycles. The van der Waals surface area contributed by atoms with Crippen LogP contribution in [0.1, 0.15) is 47.5 Å². The molecule has 0 spiro atoms. The minimum Gasteiger partial charge on any atom is -0.489 e. The summed E-state index contributed by atoms with van der Waals surface area (Å²) in [6, 6.07) is 4.74. The first-order valence-electron chi connectivity index (χ1n) is 11.9. The molecule has 3 N–H and O–H groups in total. The Kier molecular flexibility index (Phi) is 17.3. The quantitative estimate of drug-likeness (QED) is 0.458. The molecule has 0 aliphatic carbocycles. The van der Waals surface area contributed by atoms with Crippen LogP contribution in [0.3, 0.4) is 0 Å². The van der Waals surface area contributed by atoms with Crippen molar-refractivity contribution in [3.05, 3.63) is 36.7 Å². The van der Waals surface area contributed by atoms with E-state index < -0.39 is 18.0 Å². The van der Waals surface area contributed by atoms with Gasteiger partial charge in [-0.15, -0.1) is 6.58 Å². The molecule has 0 radical (unpaired) electrons. The van der Waals surface area contributed by atoms with Gasteiger partial charge in [0.2, 0.25) is 5.91 Å². The number of ether oxygens (including phenoxy) is 2. The van der Waals surface area contributed by atoms with Crippen LogP contribution >= 0.6 is 0 Å². The molecule has 194 valence electrons. The number of allylic oxidation sites excluding steroid dienone is 1. The third kappa shape index (κ3) is 13.8. The van der Waals surface area contributed by atoms with Gasteiger partial charge in [-0.25, -0.2) is 9.18 Å². The first kappa shape index (κ1) is 31.4. The summed E-state index contributed by atoms with van der Waals surface area (Å²) in [6.45, 7) is 15.6. The minimum absolute atomic E-state index is 0.140. The molecule has 1 aromatic carbocycles. The average molecular weight is 483 g/mol. The molecule has 34 heavy (non-hydrogen) atoms. The highest BCUT2D eigenvalue weighted by molar-refractivity contribution is 5.84. The van der Waals surface area contributed by atoms with E-state index in [0.29, 0.717) is 19.2 Å². The second-order valence-electron chi connectivity index (χ2n) is 7.64. The number of carbonyl (C=O) groups is 2. The molecule has 1 aliphatic heterocycles. The SMILES string of the molecule is C=CC.CC.CC(=O)NC[C@@H](C)OC(=O)Nc1ccc(OCCN(C)C2CCNCC2)c(F)c1. The number of piperidine rings is 1. The molecule has 9 heteroatoms. The summed E-state index contributed by atoms with van der Waals surface area (Å²) >= 11 is 0. The van der Waals surface area contributed by atoms with E-state index in [1.807, 2.05) is 20.8 Å². The van der Waals surface area contributed by atoms with Crippen LogP contribution in [0.5, 0.6) is 5.75 Å². The molecule has 1 fully saturated rings. The summed E-state index contributed by atoms with van der Waals surface area (Å²) < 4.78 is 24.9. The zero-order valence-corrected chi connectivity index (χ0v) is 21.6. The summed E-state index contributed by atoms with van der Waals surface area (Å²) in [5, 5.41) is 8.35. The van der Waals surface area contributed by atoms with E-state index in [1.54, 1.807) is 19.1 Å². The minimum atomic E-state index is -0.723. The van der Waals surface area contributed by atoms with E-state index in [4.69, 9.17) is 9.47 Å². The van der Waals surface area contributed by atoms with Crippen LogP contribution in [0.25, 0.3) is 0 Å². The molecular weight excluding hydrogens is 439 g/mol. The molecule has 2 amide bonds. The van der Waals surface area contributed by atoms with Gasteiger partial charge in [0, 0.05) is 31.3 Å². The molecule has 1 atom stereocenters. The van der Waals surface area contributed by atoms with Gasteiger partial charge in [-0.1, -0.05) is 19.9 Å². The highest BCUT2D eigenvalue weighted by Gasteiger charge is 2.17. The van der Waals surface area contributed by atoms with Gasteiger partial charge in [0.25, 0.3) is 0 Å². The van der Waals surface area contributed by atoms with Gasteiger partial charge in [-0.2, -0.15) is 0 Å². The van der Waals surface area contributed by atoms with Crippen LogP contribution in [0.15, 0.2) is 30.9 Å². The van der Waals surface area contributed by atoms with E-state index >= 15 is 0 Å². The Bertz CT molecular complexity index is 727. The van der Waals surface area contributed by atoms with Gasteiger partial charge < -0.3 is 20.1 Å². The number of anilines is 1. The van der Waals surface area contributed by atoms with Crippen molar-refractivity contribution in [3.63, 3.8) is 0 Å². The molecular formula is C25H43FN4O4. The topological polar surface area (TPSA) is 91.9 Å². The summed E-state index contributed by atoms with van der Waals surface area (Å²) in [7, 11) is 2.06. The average Bonchev–Trinajstić information content (AvgIpc) is 2.81. The maximum atomic E-state index is 14.3. The standard InChI is InChI=1S/C20H31FN4O4.C3H6.C2H6/c1-14(13-23-15(2)26)29-20(27)24-16-4-5-19(18(21)12-16)28-11-10-25(3)17-6-8-22-9-7-17;1-3-2;1-2/h4-5,12,14,17,22H,6-11,13H2,1-3H3,(H,23,26)(H,24,27);3H,1H2,2H3;1-2H3/t14-;;/m1../s1. The second-order valence-corrected chi connectivity index (χ2v) is 7.64.